The SMILES string of the molecule is Oc1cc2c(cc1O)C(C1=CC=CCC1)CNCC2. The quantitative estimate of drug-likeness (QED) is 0.678. The van der Waals surface area contributed by atoms with E-state index in [2.05, 4.69) is 23.5 Å². The Hall–Kier alpha value is -1.74. The molecule has 1 aliphatic carbocycles. The van der Waals surface area contributed by atoms with Gasteiger partial charge in [-0.25, -0.2) is 0 Å². The summed E-state index contributed by atoms with van der Waals surface area (Å²) in [7, 11) is 0. The third-order valence-corrected chi connectivity index (χ3v) is 4.03. The standard InChI is InChI=1S/C16H19NO2/c18-15-8-12-6-7-17-10-14(13(12)9-16(15)19)11-4-2-1-3-5-11/h1-2,4,8-9,14,17-19H,3,5-7,10H2. The lowest BCUT2D eigenvalue weighted by Crippen LogP contribution is -2.21. The van der Waals surface area contributed by atoms with Crippen molar-refractivity contribution in [3.05, 3.63) is 47.1 Å². The molecule has 0 aromatic heterocycles. The lowest BCUT2D eigenvalue weighted by atomic mass is 9.84. The predicted molar refractivity (Wildman–Crippen MR) is 75.5 cm³/mol. The smallest absolute Gasteiger partial charge is 0.157 e. The van der Waals surface area contributed by atoms with Crippen LogP contribution in [0.25, 0.3) is 0 Å². The van der Waals surface area contributed by atoms with Gasteiger partial charge in [-0.05, 0) is 49.1 Å². The van der Waals surface area contributed by atoms with Gasteiger partial charge in [-0.3, -0.25) is 0 Å². The minimum Gasteiger partial charge on any atom is -0.504 e. The Morgan fingerprint density at radius 2 is 1.95 bits per heavy atom. The molecule has 1 atom stereocenters. The number of rotatable bonds is 1. The highest BCUT2D eigenvalue weighted by Crippen LogP contribution is 2.38. The van der Waals surface area contributed by atoms with Crippen molar-refractivity contribution in [1.82, 2.24) is 5.32 Å². The van der Waals surface area contributed by atoms with Crippen molar-refractivity contribution in [3.63, 3.8) is 0 Å². The fourth-order valence-electron chi connectivity index (χ4n) is 3.00. The van der Waals surface area contributed by atoms with E-state index in [0.29, 0.717) is 5.92 Å². The molecule has 1 aliphatic heterocycles. The molecule has 1 aromatic carbocycles. The molecule has 3 nitrogen and oxygen atoms in total. The molecule has 0 amide bonds. The van der Waals surface area contributed by atoms with Crippen LogP contribution in [0.15, 0.2) is 35.9 Å². The second-order valence-corrected chi connectivity index (χ2v) is 5.25. The van der Waals surface area contributed by atoms with E-state index in [9.17, 15) is 10.2 Å². The van der Waals surface area contributed by atoms with Crippen LogP contribution in [0.2, 0.25) is 0 Å². The molecule has 1 aromatic rings. The first-order valence-corrected chi connectivity index (χ1v) is 6.87. The molecule has 2 aliphatic rings. The van der Waals surface area contributed by atoms with Gasteiger partial charge in [-0.15, -0.1) is 0 Å². The van der Waals surface area contributed by atoms with E-state index >= 15 is 0 Å². The number of nitrogens with one attached hydrogen (secondary N) is 1. The molecule has 1 unspecified atom stereocenters. The number of hydrogen-bond acceptors (Lipinski definition) is 3. The maximum Gasteiger partial charge on any atom is 0.157 e. The molecule has 3 heteroatoms. The molecule has 0 radical (unpaired) electrons. The lowest BCUT2D eigenvalue weighted by Gasteiger charge is -2.22. The fourth-order valence-corrected chi connectivity index (χ4v) is 3.00. The maximum atomic E-state index is 9.78. The summed E-state index contributed by atoms with van der Waals surface area (Å²) in [5.41, 5.74) is 3.70. The van der Waals surface area contributed by atoms with Crippen molar-refractivity contribution >= 4 is 0 Å². The third-order valence-electron chi connectivity index (χ3n) is 4.03. The zero-order valence-electron chi connectivity index (χ0n) is 10.9. The van der Waals surface area contributed by atoms with Gasteiger partial charge in [-0.2, -0.15) is 0 Å². The number of allylic oxidation sites excluding steroid dienone is 3. The molecule has 3 rings (SSSR count). The number of phenolic OH excluding ortho intramolecular Hbond substituents is 2. The van der Waals surface area contributed by atoms with Crippen LogP contribution in [0.1, 0.15) is 29.9 Å². The molecule has 0 saturated carbocycles. The van der Waals surface area contributed by atoms with E-state index in [4.69, 9.17) is 0 Å². The molecule has 1 heterocycles. The Balaban J connectivity index is 2.05. The van der Waals surface area contributed by atoms with Crippen molar-refractivity contribution in [2.24, 2.45) is 0 Å². The Morgan fingerprint density at radius 3 is 2.74 bits per heavy atom. The summed E-state index contributed by atoms with van der Waals surface area (Å²) in [4.78, 5) is 0. The summed E-state index contributed by atoms with van der Waals surface area (Å²) in [5, 5.41) is 22.9. The Morgan fingerprint density at radius 1 is 1.11 bits per heavy atom. The summed E-state index contributed by atoms with van der Waals surface area (Å²) in [6, 6.07) is 3.45. The van der Waals surface area contributed by atoms with Crippen LogP contribution in [0, 0.1) is 0 Å². The average Bonchev–Trinajstić information content (AvgIpc) is 2.63. The van der Waals surface area contributed by atoms with Gasteiger partial charge in [-0.1, -0.05) is 23.8 Å². The monoisotopic (exact) mass is 257 g/mol. The summed E-state index contributed by atoms with van der Waals surface area (Å²) < 4.78 is 0. The molecule has 19 heavy (non-hydrogen) atoms. The maximum absolute atomic E-state index is 9.78. The van der Waals surface area contributed by atoms with Crippen LogP contribution >= 0.6 is 0 Å². The summed E-state index contributed by atoms with van der Waals surface area (Å²) in [6.07, 6.45) is 9.54. The van der Waals surface area contributed by atoms with Crippen LogP contribution in [0.4, 0.5) is 0 Å². The molecule has 100 valence electrons. The minimum atomic E-state index is -0.0167. The van der Waals surface area contributed by atoms with Crippen molar-refractivity contribution in [2.75, 3.05) is 13.1 Å². The number of hydrogen-bond donors (Lipinski definition) is 3. The van der Waals surface area contributed by atoms with Gasteiger partial charge in [0.15, 0.2) is 11.5 Å². The highest BCUT2D eigenvalue weighted by molar-refractivity contribution is 5.50. The first-order valence-electron chi connectivity index (χ1n) is 6.87. The van der Waals surface area contributed by atoms with Crippen LogP contribution in [-0.2, 0) is 6.42 Å². The van der Waals surface area contributed by atoms with Gasteiger partial charge in [0, 0.05) is 12.5 Å². The van der Waals surface area contributed by atoms with Crippen LogP contribution in [-0.4, -0.2) is 23.3 Å². The normalized spacial score (nSPS) is 22.5. The topological polar surface area (TPSA) is 52.5 Å². The molecule has 0 spiro atoms. The Labute approximate surface area is 113 Å². The van der Waals surface area contributed by atoms with E-state index in [1.807, 2.05) is 0 Å². The third kappa shape index (κ3) is 2.38. The van der Waals surface area contributed by atoms with E-state index < -0.39 is 0 Å². The molecule has 0 bridgehead atoms. The van der Waals surface area contributed by atoms with Gasteiger partial charge >= 0.3 is 0 Å². The van der Waals surface area contributed by atoms with Crippen molar-refractivity contribution in [1.29, 1.82) is 0 Å². The minimum absolute atomic E-state index is 0.0161. The zero-order valence-corrected chi connectivity index (χ0v) is 10.9. The first-order chi connectivity index (χ1) is 9.25. The number of phenols is 2. The highest BCUT2D eigenvalue weighted by Gasteiger charge is 2.23. The van der Waals surface area contributed by atoms with Crippen molar-refractivity contribution in [3.8, 4) is 11.5 Å². The van der Waals surface area contributed by atoms with Gasteiger partial charge in [0.05, 0.1) is 0 Å². The summed E-state index contributed by atoms with van der Waals surface area (Å²) in [5.74, 6) is 0.267. The second kappa shape index (κ2) is 5.10. The second-order valence-electron chi connectivity index (χ2n) is 5.25. The fraction of sp³-hybridized carbons (Fsp3) is 0.375. The highest BCUT2D eigenvalue weighted by atomic mass is 16.3. The molecular formula is C16H19NO2. The molecule has 0 fully saturated rings. The zero-order chi connectivity index (χ0) is 13.2. The van der Waals surface area contributed by atoms with E-state index in [-0.39, 0.29) is 11.5 Å². The molecular weight excluding hydrogens is 238 g/mol. The van der Waals surface area contributed by atoms with Gasteiger partial charge in [0.2, 0.25) is 0 Å². The molecule has 3 N–H and O–H groups in total. The Kier molecular flexibility index (Phi) is 3.30. The van der Waals surface area contributed by atoms with E-state index in [0.717, 1.165) is 43.5 Å². The van der Waals surface area contributed by atoms with Gasteiger partial charge in [0.25, 0.3) is 0 Å². The van der Waals surface area contributed by atoms with E-state index in [1.54, 1.807) is 12.1 Å². The number of aromatic hydroxyl groups is 2. The Bertz CT molecular complexity index is 546. The van der Waals surface area contributed by atoms with Crippen molar-refractivity contribution < 1.29 is 10.2 Å². The van der Waals surface area contributed by atoms with Crippen LogP contribution < -0.4 is 5.32 Å². The predicted octanol–water partition coefficient (Wildman–Crippen LogP) is 2.60. The lowest BCUT2D eigenvalue weighted by molar-refractivity contribution is 0.402. The average molecular weight is 257 g/mol. The summed E-state index contributed by atoms with van der Waals surface area (Å²) >= 11 is 0. The summed E-state index contributed by atoms with van der Waals surface area (Å²) in [6.45, 7) is 1.81. The van der Waals surface area contributed by atoms with E-state index in [1.165, 1.54) is 5.57 Å². The number of benzene rings is 1. The largest absolute Gasteiger partial charge is 0.504 e. The van der Waals surface area contributed by atoms with Crippen LogP contribution in [0.3, 0.4) is 0 Å². The van der Waals surface area contributed by atoms with Crippen molar-refractivity contribution in [2.45, 2.75) is 25.2 Å². The van der Waals surface area contributed by atoms with Gasteiger partial charge < -0.3 is 15.5 Å². The van der Waals surface area contributed by atoms with Crippen LogP contribution in [0.5, 0.6) is 11.5 Å². The van der Waals surface area contributed by atoms with Gasteiger partial charge in [0.1, 0.15) is 0 Å². The first kappa shape index (κ1) is 12.3. The molecule has 0 saturated heterocycles. The number of fused-ring (bicyclic) bond motifs is 1.